The molecule has 0 radical (unpaired) electrons. The molecule has 0 saturated carbocycles. The number of thiazole rings is 1. The van der Waals surface area contributed by atoms with Gasteiger partial charge in [0, 0.05) is 17.6 Å². The summed E-state index contributed by atoms with van der Waals surface area (Å²) >= 11 is 8.07. The molecule has 0 aliphatic carbocycles. The van der Waals surface area contributed by atoms with Crippen molar-refractivity contribution in [2.45, 2.75) is 26.8 Å². The van der Waals surface area contributed by atoms with Crippen LogP contribution in [0.4, 0.5) is 9.52 Å². The summed E-state index contributed by atoms with van der Waals surface area (Å²) < 4.78 is 25.2. The van der Waals surface area contributed by atoms with Crippen molar-refractivity contribution in [3.63, 3.8) is 0 Å². The summed E-state index contributed by atoms with van der Waals surface area (Å²) in [6.07, 6.45) is 5.70. The fourth-order valence-corrected chi connectivity index (χ4v) is 4.78. The number of benzene rings is 2. The lowest BCUT2D eigenvalue weighted by Gasteiger charge is -2.30. The Bertz CT molecular complexity index is 1160. The molecule has 1 atom stereocenters. The van der Waals surface area contributed by atoms with Crippen molar-refractivity contribution in [2.75, 3.05) is 32.3 Å². The van der Waals surface area contributed by atoms with E-state index in [4.69, 9.17) is 32.5 Å². The minimum Gasteiger partial charge on any atom is -0.496 e. The Kier molecular flexibility index (Phi) is 9.57. The molecule has 0 amide bonds. The molecule has 176 valence electrons. The average molecular weight is 509 g/mol. The van der Waals surface area contributed by atoms with Crippen LogP contribution >= 0.6 is 35.3 Å². The Morgan fingerprint density at radius 1 is 1.18 bits per heavy atom. The molecule has 33 heavy (non-hydrogen) atoms. The summed E-state index contributed by atoms with van der Waals surface area (Å²) in [6.45, 7) is 6.33. The first-order valence-corrected chi connectivity index (χ1v) is 11.3. The molecule has 0 aliphatic heterocycles. The molecule has 8 heteroatoms. The second kappa shape index (κ2) is 11.7. The zero-order chi connectivity index (χ0) is 23.4. The maximum absolute atomic E-state index is 14.3. The van der Waals surface area contributed by atoms with E-state index in [0.29, 0.717) is 23.7 Å². The highest BCUT2D eigenvalue weighted by Gasteiger charge is 2.26. The van der Waals surface area contributed by atoms with Crippen LogP contribution < -0.4 is 9.64 Å². The van der Waals surface area contributed by atoms with E-state index in [0.717, 1.165) is 38.1 Å². The maximum atomic E-state index is 14.3. The van der Waals surface area contributed by atoms with Crippen molar-refractivity contribution in [1.29, 1.82) is 0 Å². The Hall–Kier alpha value is -2.30. The van der Waals surface area contributed by atoms with E-state index in [2.05, 4.69) is 5.92 Å². The maximum Gasteiger partial charge on any atom is 0.187 e. The number of halogens is 3. The lowest BCUT2D eigenvalue weighted by Crippen LogP contribution is -2.32. The smallest absolute Gasteiger partial charge is 0.187 e. The molecule has 0 spiro atoms. The van der Waals surface area contributed by atoms with Gasteiger partial charge in [-0.2, -0.15) is 0 Å². The van der Waals surface area contributed by atoms with Crippen molar-refractivity contribution in [1.82, 2.24) is 4.98 Å². The van der Waals surface area contributed by atoms with Gasteiger partial charge < -0.3 is 14.4 Å². The van der Waals surface area contributed by atoms with E-state index in [1.54, 1.807) is 33.3 Å². The molecule has 0 N–H and O–H groups in total. The highest BCUT2D eigenvalue weighted by molar-refractivity contribution is 7.16. The molecule has 3 rings (SSSR count). The number of nitrogens with zero attached hydrogens (tertiary/aromatic N) is 2. The molecule has 2 aromatic carbocycles. The number of methoxy groups -OCH3 is 2. The summed E-state index contributed by atoms with van der Waals surface area (Å²) in [5.41, 5.74) is 3.95. The van der Waals surface area contributed by atoms with Crippen LogP contribution in [0.1, 0.15) is 27.6 Å². The standard InChI is InChI=1S/C25H26ClFN2O2S.ClH/c1-7-10-29(22(14-30-5)18-9-8-15(2)21(27)12-18)25-28-24(17(4)32-25)19-11-16(3)23(31-6)13-20(19)26;/h1,8-9,11-13,22H,10,14H2,2-6H3;1H/t22-;/m0./s1. The molecule has 0 unspecified atom stereocenters. The largest absolute Gasteiger partial charge is 0.496 e. The Balaban J connectivity index is 0.00000385. The monoisotopic (exact) mass is 508 g/mol. The van der Waals surface area contributed by atoms with Gasteiger partial charge in [-0.15, -0.1) is 30.2 Å². The number of rotatable bonds is 8. The van der Waals surface area contributed by atoms with Gasteiger partial charge in [-0.25, -0.2) is 9.37 Å². The van der Waals surface area contributed by atoms with Gasteiger partial charge in [0.15, 0.2) is 5.13 Å². The van der Waals surface area contributed by atoms with E-state index in [1.807, 2.05) is 30.9 Å². The Labute approximate surface area is 210 Å². The summed E-state index contributed by atoms with van der Waals surface area (Å²) in [4.78, 5) is 7.87. The van der Waals surface area contributed by atoms with E-state index in [9.17, 15) is 4.39 Å². The van der Waals surface area contributed by atoms with E-state index in [1.165, 1.54) is 17.4 Å². The molecule has 0 aliphatic rings. The topological polar surface area (TPSA) is 34.6 Å². The molecule has 0 saturated heterocycles. The first-order chi connectivity index (χ1) is 15.3. The lowest BCUT2D eigenvalue weighted by molar-refractivity contribution is 0.178. The third-order valence-electron chi connectivity index (χ3n) is 5.31. The van der Waals surface area contributed by atoms with Crippen molar-refractivity contribution < 1.29 is 13.9 Å². The highest BCUT2D eigenvalue weighted by atomic mass is 35.5. The Morgan fingerprint density at radius 2 is 1.91 bits per heavy atom. The molecular formula is C25H27Cl2FN2O2S. The van der Waals surface area contributed by atoms with E-state index < -0.39 is 0 Å². The van der Waals surface area contributed by atoms with Gasteiger partial charge in [0.25, 0.3) is 0 Å². The van der Waals surface area contributed by atoms with Crippen LogP contribution in [0.3, 0.4) is 0 Å². The highest BCUT2D eigenvalue weighted by Crippen LogP contribution is 2.40. The lowest BCUT2D eigenvalue weighted by atomic mass is 10.0. The van der Waals surface area contributed by atoms with Gasteiger partial charge in [0.1, 0.15) is 11.6 Å². The van der Waals surface area contributed by atoms with Crippen molar-refractivity contribution >= 4 is 40.5 Å². The number of terminal acetylenes is 1. The average Bonchev–Trinajstić information content (AvgIpc) is 3.15. The number of aromatic nitrogens is 1. The van der Waals surface area contributed by atoms with Crippen LogP contribution in [0, 0.1) is 38.9 Å². The van der Waals surface area contributed by atoms with Gasteiger partial charge in [0.2, 0.25) is 0 Å². The second-order valence-electron chi connectivity index (χ2n) is 7.51. The molecule has 1 heterocycles. The fourth-order valence-electron chi connectivity index (χ4n) is 3.57. The number of ether oxygens (including phenoxy) is 2. The molecule has 1 aromatic heterocycles. The van der Waals surface area contributed by atoms with E-state index in [-0.39, 0.29) is 24.3 Å². The van der Waals surface area contributed by atoms with Crippen LogP contribution in [0.2, 0.25) is 5.02 Å². The third-order valence-corrected chi connectivity index (χ3v) is 6.63. The molecule has 3 aromatic rings. The number of aryl methyl sites for hydroxylation is 3. The van der Waals surface area contributed by atoms with Crippen LogP contribution in [-0.4, -0.2) is 32.4 Å². The zero-order valence-electron chi connectivity index (χ0n) is 19.2. The normalized spacial score (nSPS) is 11.5. The Morgan fingerprint density at radius 3 is 2.52 bits per heavy atom. The van der Waals surface area contributed by atoms with Gasteiger partial charge in [-0.05, 0) is 55.7 Å². The summed E-state index contributed by atoms with van der Waals surface area (Å²) in [6, 6.07) is 8.68. The summed E-state index contributed by atoms with van der Waals surface area (Å²) in [7, 11) is 3.23. The summed E-state index contributed by atoms with van der Waals surface area (Å²) in [5.74, 6) is 3.17. The predicted molar refractivity (Wildman–Crippen MR) is 138 cm³/mol. The van der Waals surface area contributed by atoms with Crippen molar-refractivity contribution in [3.05, 3.63) is 62.7 Å². The minimum absolute atomic E-state index is 0. The molecule has 0 bridgehead atoms. The third kappa shape index (κ3) is 5.80. The molecule has 4 nitrogen and oxygen atoms in total. The SMILES string of the molecule is C#CCN(c1nc(-c2cc(C)c(OC)cc2Cl)c(C)s1)[C@@H](COC)c1ccc(C)c(F)c1.Cl. The van der Waals surface area contributed by atoms with Crippen molar-refractivity contribution in [2.24, 2.45) is 0 Å². The minimum atomic E-state index is -0.294. The molecular weight excluding hydrogens is 482 g/mol. The van der Waals surface area contributed by atoms with Gasteiger partial charge in [-0.3, -0.25) is 0 Å². The quantitative estimate of drug-likeness (QED) is 0.314. The van der Waals surface area contributed by atoms with Crippen LogP contribution in [-0.2, 0) is 4.74 Å². The fraction of sp³-hybridized carbons (Fsp3) is 0.320. The number of hydrogen-bond acceptors (Lipinski definition) is 5. The van der Waals surface area contributed by atoms with Crippen molar-refractivity contribution in [3.8, 4) is 29.4 Å². The number of anilines is 1. The molecule has 0 fully saturated rings. The van der Waals surface area contributed by atoms with Crippen LogP contribution in [0.25, 0.3) is 11.3 Å². The van der Waals surface area contributed by atoms with E-state index >= 15 is 0 Å². The predicted octanol–water partition coefficient (Wildman–Crippen LogP) is 6.79. The second-order valence-corrected chi connectivity index (χ2v) is 9.10. The zero-order valence-corrected chi connectivity index (χ0v) is 21.6. The van der Waals surface area contributed by atoms with Crippen LogP contribution in [0.5, 0.6) is 5.75 Å². The van der Waals surface area contributed by atoms with Gasteiger partial charge in [-0.1, -0.05) is 29.7 Å². The number of hydrogen-bond donors (Lipinski definition) is 0. The first-order valence-electron chi connectivity index (χ1n) is 10.1. The van der Waals surface area contributed by atoms with Gasteiger partial charge in [0.05, 0.1) is 37.0 Å². The van der Waals surface area contributed by atoms with Gasteiger partial charge >= 0.3 is 0 Å². The van der Waals surface area contributed by atoms with Crippen LogP contribution in [0.15, 0.2) is 30.3 Å². The first kappa shape index (κ1) is 26.9. The summed E-state index contributed by atoms with van der Waals surface area (Å²) in [5, 5.41) is 1.29.